The summed E-state index contributed by atoms with van der Waals surface area (Å²) < 4.78 is 6.75. The zero-order chi connectivity index (χ0) is 18.6. The van der Waals surface area contributed by atoms with Gasteiger partial charge in [0.05, 0.1) is 12.8 Å². The molecule has 25 heavy (non-hydrogen) atoms. The van der Waals surface area contributed by atoms with E-state index in [4.69, 9.17) is 0 Å². The fraction of sp³-hybridized carbons (Fsp3) is 0.125. The Kier molecular flexibility index (Phi) is 5.90. The summed E-state index contributed by atoms with van der Waals surface area (Å²) >= 11 is 4.17. The van der Waals surface area contributed by atoms with Crippen LogP contribution in [0.3, 0.4) is 0 Å². The van der Waals surface area contributed by atoms with Crippen LogP contribution in [-0.2, 0) is 14.3 Å². The molecule has 1 N–H and O–H groups in total. The Hall–Kier alpha value is -2.70. The van der Waals surface area contributed by atoms with Crippen LogP contribution in [-0.4, -0.2) is 30.6 Å². The van der Waals surface area contributed by atoms with E-state index in [1.54, 1.807) is 24.3 Å². The van der Waals surface area contributed by atoms with Crippen LogP contribution >= 0.6 is 27.3 Å². The molecule has 0 unspecified atom stereocenters. The summed E-state index contributed by atoms with van der Waals surface area (Å²) in [6.07, 6.45) is 1.03. The Morgan fingerprint density at radius 2 is 2.00 bits per heavy atom. The van der Waals surface area contributed by atoms with Gasteiger partial charge in [-0.25, -0.2) is 4.79 Å². The molecule has 1 amide bonds. The Morgan fingerprint density at radius 3 is 2.52 bits per heavy atom. The van der Waals surface area contributed by atoms with E-state index < -0.39 is 17.4 Å². The highest BCUT2D eigenvalue weighted by atomic mass is 79.9. The number of benzene rings is 1. The third-order valence-electron chi connectivity index (χ3n) is 3.14. The minimum absolute atomic E-state index is 0.0569. The van der Waals surface area contributed by atoms with Crippen LogP contribution in [0.25, 0.3) is 17.3 Å². The molecule has 1 aromatic heterocycles. The SMILES string of the molecule is CNC(=O)C(C#N)=c1sc(=CC(=O)OC)c(=O)n1-c1ccc(Br)cc1. The number of halogens is 1. The molecule has 0 saturated heterocycles. The second-order valence-corrected chi connectivity index (χ2v) is 6.57. The normalized spacial score (nSPS) is 12.3. The minimum atomic E-state index is -0.702. The molecule has 128 valence electrons. The first-order valence-corrected chi connectivity index (χ1v) is 8.47. The van der Waals surface area contributed by atoms with Gasteiger partial charge < -0.3 is 10.1 Å². The molecule has 0 fully saturated rings. The number of nitrogens with one attached hydrogen (secondary N) is 1. The number of nitriles is 1. The highest BCUT2D eigenvalue weighted by molar-refractivity contribution is 9.10. The van der Waals surface area contributed by atoms with Gasteiger partial charge >= 0.3 is 5.97 Å². The smallest absolute Gasteiger partial charge is 0.332 e. The summed E-state index contributed by atoms with van der Waals surface area (Å²) in [7, 11) is 2.58. The lowest BCUT2D eigenvalue weighted by Gasteiger charge is -2.03. The first-order chi connectivity index (χ1) is 11.9. The third-order valence-corrected chi connectivity index (χ3v) is 4.76. The number of carbonyl (C=O) groups is 2. The quantitative estimate of drug-likeness (QED) is 0.704. The fourth-order valence-electron chi connectivity index (χ4n) is 1.96. The molecule has 1 heterocycles. The molecule has 0 bridgehead atoms. The van der Waals surface area contributed by atoms with Crippen LogP contribution in [0.1, 0.15) is 0 Å². The van der Waals surface area contributed by atoms with Crippen molar-refractivity contribution in [2.45, 2.75) is 0 Å². The van der Waals surface area contributed by atoms with Crippen molar-refractivity contribution in [3.63, 3.8) is 0 Å². The van der Waals surface area contributed by atoms with Gasteiger partial charge in [-0.3, -0.25) is 14.2 Å². The molecule has 0 spiro atoms. The van der Waals surface area contributed by atoms with E-state index in [9.17, 15) is 19.6 Å². The summed E-state index contributed by atoms with van der Waals surface area (Å²) in [6.45, 7) is 0. The van der Waals surface area contributed by atoms with Gasteiger partial charge in [-0.1, -0.05) is 15.9 Å². The minimum Gasteiger partial charge on any atom is -0.466 e. The van der Waals surface area contributed by atoms with Crippen LogP contribution in [0.2, 0.25) is 0 Å². The monoisotopic (exact) mass is 421 g/mol. The molecule has 0 aliphatic carbocycles. The number of nitrogens with zero attached hydrogens (tertiary/aromatic N) is 2. The van der Waals surface area contributed by atoms with Gasteiger partial charge in [0.25, 0.3) is 11.5 Å². The van der Waals surface area contributed by atoms with Crippen molar-refractivity contribution >= 4 is 50.8 Å². The summed E-state index contributed by atoms with van der Waals surface area (Å²) in [5.41, 5.74) is -0.290. The lowest BCUT2D eigenvalue weighted by molar-refractivity contribution is -0.133. The number of rotatable bonds is 3. The van der Waals surface area contributed by atoms with Crippen molar-refractivity contribution < 1.29 is 14.3 Å². The molecule has 0 atom stereocenters. The van der Waals surface area contributed by atoms with Crippen LogP contribution < -0.4 is 20.1 Å². The molecular weight excluding hydrogens is 410 g/mol. The Morgan fingerprint density at radius 1 is 1.36 bits per heavy atom. The van der Waals surface area contributed by atoms with Crippen molar-refractivity contribution in [3.05, 3.63) is 48.3 Å². The third kappa shape index (κ3) is 3.87. The number of hydrogen-bond donors (Lipinski definition) is 1. The van der Waals surface area contributed by atoms with Crippen molar-refractivity contribution in [1.29, 1.82) is 5.26 Å². The number of methoxy groups -OCH3 is 1. The lowest BCUT2D eigenvalue weighted by atomic mass is 10.3. The predicted molar refractivity (Wildman–Crippen MR) is 96.4 cm³/mol. The first kappa shape index (κ1) is 18.6. The predicted octanol–water partition coefficient (Wildman–Crippen LogP) is 0.0353. The Balaban J connectivity index is 2.97. The first-order valence-electron chi connectivity index (χ1n) is 6.87. The van der Waals surface area contributed by atoms with E-state index in [-0.39, 0.29) is 14.8 Å². The summed E-state index contributed by atoms with van der Waals surface area (Å²) in [5.74, 6) is -1.33. The van der Waals surface area contributed by atoms with Crippen LogP contribution in [0.4, 0.5) is 0 Å². The van der Waals surface area contributed by atoms with Crippen LogP contribution in [0, 0.1) is 11.3 Å². The van der Waals surface area contributed by atoms with Crippen molar-refractivity contribution in [2.24, 2.45) is 0 Å². The molecule has 2 rings (SSSR count). The van der Waals surface area contributed by atoms with Gasteiger partial charge in [0.15, 0.2) is 5.57 Å². The lowest BCUT2D eigenvalue weighted by Crippen LogP contribution is -2.33. The number of esters is 1. The average molecular weight is 422 g/mol. The van der Waals surface area contributed by atoms with Gasteiger partial charge in [0, 0.05) is 17.6 Å². The number of amides is 1. The fourth-order valence-corrected chi connectivity index (χ4v) is 3.29. The summed E-state index contributed by atoms with van der Waals surface area (Å²) in [6, 6.07) is 8.57. The largest absolute Gasteiger partial charge is 0.466 e. The van der Waals surface area contributed by atoms with Crippen LogP contribution in [0.5, 0.6) is 0 Å². The van der Waals surface area contributed by atoms with E-state index in [1.165, 1.54) is 18.7 Å². The van der Waals surface area contributed by atoms with Gasteiger partial charge in [0.2, 0.25) is 0 Å². The summed E-state index contributed by atoms with van der Waals surface area (Å²) in [5, 5.41) is 11.7. The van der Waals surface area contributed by atoms with E-state index >= 15 is 0 Å². The molecule has 9 heteroatoms. The Labute approximate surface area is 154 Å². The van der Waals surface area contributed by atoms with E-state index in [2.05, 4.69) is 26.0 Å². The van der Waals surface area contributed by atoms with E-state index in [0.29, 0.717) is 5.69 Å². The van der Waals surface area contributed by atoms with E-state index in [0.717, 1.165) is 21.9 Å². The molecule has 0 aliphatic heterocycles. The zero-order valence-corrected chi connectivity index (χ0v) is 15.6. The molecule has 1 aromatic carbocycles. The second-order valence-electron chi connectivity index (χ2n) is 4.62. The van der Waals surface area contributed by atoms with Crippen molar-refractivity contribution in [3.8, 4) is 11.8 Å². The van der Waals surface area contributed by atoms with Gasteiger partial charge in [-0.15, -0.1) is 11.3 Å². The molecule has 0 aliphatic rings. The average Bonchev–Trinajstić information content (AvgIpc) is 2.92. The molecule has 0 radical (unpaired) electrons. The zero-order valence-electron chi connectivity index (χ0n) is 13.2. The van der Waals surface area contributed by atoms with Gasteiger partial charge in [-0.05, 0) is 24.3 Å². The van der Waals surface area contributed by atoms with Gasteiger partial charge in [0.1, 0.15) is 15.3 Å². The highest BCUT2D eigenvalue weighted by Gasteiger charge is 2.16. The van der Waals surface area contributed by atoms with Crippen LogP contribution in [0.15, 0.2) is 33.5 Å². The number of aromatic nitrogens is 1. The van der Waals surface area contributed by atoms with Gasteiger partial charge in [-0.2, -0.15) is 5.26 Å². The maximum Gasteiger partial charge on any atom is 0.332 e. The maximum atomic E-state index is 12.7. The molecule has 2 aromatic rings. The molecule has 0 saturated carbocycles. The topological polar surface area (TPSA) is 101 Å². The number of hydrogen-bond acceptors (Lipinski definition) is 6. The van der Waals surface area contributed by atoms with Crippen molar-refractivity contribution in [2.75, 3.05) is 14.2 Å². The van der Waals surface area contributed by atoms with Crippen molar-refractivity contribution in [1.82, 2.24) is 9.88 Å². The number of carbonyl (C=O) groups excluding carboxylic acids is 2. The highest BCUT2D eigenvalue weighted by Crippen LogP contribution is 2.12. The Bertz CT molecular complexity index is 1050. The van der Waals surface area contributed by atoms with E-state index in [1.807, 2.05) is 6.07 Å². The second kappa shape index (κ2) is 7.92. The number of ether oxygens (including phenoxy) is 1. The standard InChI is InChI=1S/C16H12BrN3O4S/c1-19-14(22)11(8-18)16-20(10-5-3-9(17)4-6-10)15(23)12(25-16)7-13(21)24-2/h3-7H,1-2H3,(H,19,22). The summed E-state index contributed by atoms with van der Waals surface area (Å²) in [4.78, 5) is 36.2. The number of thiazole rings is 1. The maximum absolute atomic E-state index is 12.7. The molecular formula is C16H12BrN3O4S. The molecule has 7 nitrogen and oxygen atoms in total.